The number of hydrogen-bond donors (Lipinski definition) is 1. The molecule has 1 unspecified atom stereocenters. The van der Waals surface area contributed by atoms with Crippen LogP contribution >= 0.6 is 0 Å². The van der Waals surface area contributed by atoms with E-state index in [1.165, 1.54) is 5.56 Å². The van der Waals surface area contributed by atoms with Crippen LogP contribution in [-0.2, 0) is 6.54 Å². The van der Waals surface area contributed by atoms with Gasteiger partial charge in [0.2, 0.25) is 5.88 Å². The average molecular weight is 334 g/mol. The zero-order valence-electron chi connectivity index (χ0n) is 14.5. The summed E-state index contributed by atoms with van der Waals surface area (Å²) in [6, 6.07) is 21.9. The van der Waals surface area contributed by atoms with Crippen LogP contribution in [0.4, 0.5) is 0 Å². The number of nitrogens with one attached hydrogen (secondary N) is 1. The quantitative estimate of drug-likeness (QED) is 0.678. The predicted octanol–water partition coefficient (Wildman–Crippen LogP) is 4.73. The summed E-state index contributed by atoms with van der Waals surface area (Å²) in [5, 5.41) is 3.50. The van der Waals surface area contributed by atoms with Crippen molar-refractivity contribution >= 4 is 0 Å². The SMILES string of the molecule is COc1cccc(C(C)NCc2ccc(Oc3ccccc3)nc2)c1. The maximum absolute atomic E-state index is 5.71. The van der Waals surface area contributed by atoms with Gasteiger partial charge in [0.1, 0.15) is 11.5 Å². The van der Waals surface area contributed by atoms with E-state index in [9.17, 15) is 0 Å². The smallest absolute Gasteiger partial charge is 0.219 e. The first-order chi connectivity index (χ1) is 12.2. The minimum atomic E-state index is 0.218. The molecule has 128 valence electrons. The molecule has 1 atom stereocenters. The lowest BCUT2D eigenvalue weighted by atomic mass is 10.1. The van der Waals surface area contributed by atoms with E-state index in [-0.39, 0.29) is 6.04 Å². The molecule has 1 N–H and O–H groups in total. The molecule has 4 heteroatoms. The molecule has 0 aliphatic heterocycles. The van der Waals surface area contributed by atoms with E-state index in [4.69, 9.17) is 9.47 Å². The van der Waals surface area contributed by atoms with Crippen molar-refractivity contribution in [2.75, 3.05) is 7.11 Å². The Balaban J connectivity index is 1.56. The molecule has 3 rings (SSSR count). The molecule has 0 saturated carbocycles. The van der Waals surface area contributed by atoms with Crippen molar-refractivity contribution in [1.82, 2.24) is 10.3 Å². The van der Waals surface area contributed by atoms with Gasteiger partial charge in [-0.05, 0) is 42.3 Å². The molecule has 0 fully saturated rings. The van der Waals surface area contributed by atoms with Crippen molar-refractivity contribution in [2.24, 2.45) is 0 Å². The van der Waals surface area contributed by atoms with Crippen LogP contribution in [0.5, 0.6) is 17.4 Å². The number of aromatic nitrogens is 1. The Morgan fingerprint density at radius 3 is 2.48 bits per heavy atom. The van der Waals surface area contributed by atoms with E-state index in [2.05, 4.69) is 23.3 Å². The average Bonchev–Trinajstić information content (AvgIpc) is 2.68. The number of rotatable bonds is 7. The van der Waals surface area contributed by atoms with Gasteiger partial charge < -0.3 is 14.8 Å². The number of para-hydroxylation sites is 1. The molecule has 2 aromatic carbocycles. The van der Waals surface area contributed by atoms with Crippen LogP contribution < -0.4 is 14.8 Å². The van der Waals surface area contributed by atoms with Crippen LogP contribution in [-0.4, -0.2) is 12.1 Å². The summed E-state index contributed by atoms with van der Waals surface area (Å²) >= 11 is 0. The third kappa shape index (κ3) is 4.81. The number of ether oxygens (including phenoxy) is 2. The second kappa shape index (κ2) is 8.31. The summed E-state index contributed by atoms with van der Waals surface area (Å²) < 4.78 is 11.0. The van der Waals surface area contributed by atoms with E-state index in [1.807, 2.05) is 66.9 Å². The number of nitrogens with zero attached hydrogens (tertiary/aromatic N) is 1. The van der Waals surface area contributed by atoms with Crippen LogP contribution in [0.15, 0.2) is 72.9 Å². The fraction of sp³-hybridized carbons (Fsp3) is 0.190. The summed E-state index contributed by atoms with van der Waals surface area (Å²) in [7, 11) is 1.68. The lowest BCUT2D eigenvalue weighted by Crippen LogP contribution is -2.18. The highest BCUT2D eigenvalue weighted by molar-refractivity contribution is 5.30. The Morgan fingerprint density at radius 2 is 1.76 bits per heavy atom. The third-order valence-corrected chi connectivity index (χ3v) is 3.97. The molecular weight excluding hydrogens is 312 g/mol. The van der Waals surface area contributed by atoms with Gasteiger partial charge >= 0.3 is 0 Å². The first-order valence-electron chi connectivity index (χ1n) is 8.30. The van der Waals surface area contributed by atoms with Gasteiger partial charge in [0.05, 0.1) is 7.11 Å². The van der Waals surface area contributed by atoms with Gasteiger partial charge in [0.25, 0.3) is 0 Å². The third-order valence-electron chi connectivity index (χ3n) is 3.97. The molecule has 4 nitrogen and oxygen atoms in total. The number of methoxy groups -OCH3 is 1. The largest absolute Gasteiger partial charge is 0.497 e. The molecule has 0 spiro atoms. The van der Waals surface area contributed by atoms with Crippen molar-refractivity contribution < 1.29 is 9.47 Å². The summed E-state index contributed by atoms with van der Waals surface area (Å²) in [6.45, 7) is 2.87. The summed E-state index contributed by atoms with van der Waals surface area (Å²) in [5.41, 5.74) is 2.30. The monoisotopic (exact) mass is 334 g/mol. The minimum absolute atomic E-state index is 0.218. The molecule has 25 heavy (non-hydrogen) atoms. The summed E-state index contributed by atoms with van der Waals surface area (Å²) in [5.74, 6) is 2.25. The topological polar surface area (TPSA) is 43.4 Å². The Labute approximate surface area is 148 Å². The first-order valence-corrected chi connectivity index (χ1v) is 8.30. The molecule has 1 heterocycles. The minimum Gasteiger partial charge on any atom is -0.497 e. The first kappa shape index (κ1) is 17.0. The zero-order valence-corrected chi connectivity index (χ0v) is 14.5. The van der Waals surface area contributed by atoms with Crippen LogP contribution in [0.2, 0.25) is 0 Å². The molecule has 3 aromatic rings. The summed E-state index contributed by atoms with van der Waals surface area (Å²) in [4.78, 5) is 4.37. The van der Waals surface area contributed by atoms with Crippen molar-refractivity contribution in [3.05, 3.63) is 84.1 Å². The Hall–Kier alpha value is -2.85. The van der Waals surface area contributed by atoms with Gasteiger partial charge in [-0.15, -0.1) is 0 Å². The standard InChI is InChI=1S/C21H22N2O2/c1-16(18-7-6-10-20(13-18)24-2)22-14-17-11-12-21(23-15-17)25-19-8-4-3-5-9-19/h3-13,15-16,22H,14H2,1-2H3. The molecule has 0 amide bonds. The van der Waals surface area contributed by atoms with Crippen molar-refractivity contribution in [2.45, 2.75) is 19.5 Å². The Kier molecular flexibility index (Phi) is 5.65. The van der Waals surface area contributed by atoms with Gasteiger partial charge in [-0.2, -0.15) is 0 Å². The van der Waals surface area contributed by atoms with Gasteiger partial charge in [-0.3, -0.25) is 0 Å². The normalized spacial score (nSPS) is 11.8. The van der Waals surface area contributed by atoms with E-state index < -0.39 is 0 Å². The molecule has 0 bridgehead atoms. The number of hydrogen-bond acceptors (Lipinski definition) is 4. The Bertz CT molecular complexity index is 789. The van der Waals surface area contributed by atoms with Crippen LogP contribution in [0.1, 0.15) is 24.1 Å². The second-order valence-electron chi connectivity index (χ2n) is 5.80. The van der Waals surface area contributed by atoms with Gasteiger partial charge in [0, 0.05) is 24.8 Å². The van der Waals surface area contributed by atoms with Crippen molar-refractivity contribution in [3.63, 3.8) is 0 Å². The van der Waals surface area contributed by atoms with Crippen LogP contribution in [0.3, 0.4) is 0 Å². The lowest BCUT2D eigenvalue weighted by Gasteiger charge is -2.15. The maximum atomic E-state index is 5.71. The zero-order chi connectivity index (χ0) is 17.5. The second-order valence-corrected chi connectivity index (χ2v) is 5.80. The lowest BCUT2D eigenvalue weighted by molar-refractivity contribution is 0.413. The Morgan fingerprint density at radius 1 is 0.960 bits per heavy atom. The molecule has 0 radical (unpaired) electrons. The highest BCUT2D eigenvalue weighted by Crippen LogP contribution is 2.20. The molecule has 0 aliphatic carbocycles. The van der Waals surface area contributed by atoms with E-state index in [0.29, 0.717) is 5.88 Å². The fourth-order valence-corrected chi connectivity index (χ4v) is 2.48. The highest BCUT2D eigenvalue weighted by atomic mass is 16.5. The van der Waals surface area contributed by atoms with Gasteiger partial charge in [-0.25, -0.2) is 4.98 Å². The fourth-order valence-electron chi connectivity index (χ4n) is 2.48. The van der Waals surface area contributed by atoms with Crippen molar-refractivity contribution in [1.29, 1.82) is 0 Å². The molecule has 0 aliphatic rings. The van der Waals surface area contributed by atoms with Gasteiger partial charge in [0.15, 0.2) is 0 Å². The number of pyridine rings is 1. The van der Waals surface area contributed by atoms with Crippen LogP contribution in [0.25, 0.3) is 0 Å². The van der Waals surface area contributed by atoms with E-state index in [0.717, 1.165) is 23.6 Å². The van der Waals surface area contributed by atoms with E-state index in [1.54, 1.807) is 7.11 Å². The van der Waals surface area contributed by atoms with Crippen LogP contribution in [0, 0.1) is 0 Å². The number of benzene rings is 2. The van der Waals surface area contributed by atoms with E-state index >= 15 is 0 Å². The predicted molar refractivity (Wildman–Crippen MR) is 99.0 cm³/mol. The van der Waals surface area contributed by atoms with Gasteiger partial charge in [-0.1, -0.05) is 36.4 Å². The molecule has 0 saturated heterocycles. The molecular formula is C21H22N2O2. The highest BCUT2D eigenvalue weighted by Gasteiger charge is 2.06. The van der Waals surface area contributed by atoms with Crippen molar-refractivity contribution in [3.8, 4) is 17.4 Å². The summed E-state index contributed by atoms with van der Waals surface area (Å²) in [6.07, 6.45) is 1.84. The molecule has 1 aromatic heterocycles. The maximum Gasteiger partial charge on any atom is 0.219 e.